The van der Waals surface area contributed by atoms with Crippen molar-refractivity contribution in [3.63, 3.8) is 0 Å². The van der Waals surface area contributed by atoms with Gasteiger partial charge in [-0.3, -0.25) is 4.79 Å². The van der Waals surface area contributed by atoms with E-state index in [1.54, 1.807) is 13.8 Å². The van der Waals surface area contributed by atoms with Crippen molar-refractivity contribution in [2.75, 3.05) is 0 Å². The molecule has 0 aliphatic carbocycles. The first-order valence-electron chi connectivity index (χ1n) is 7.28. The fourth-order valence-corrected chi connectivity index (χ4v) is 0. The number of carbonyl (C=O) groups is 1. The van der Waals surface area contributed by atoms with Crippen LogP contribution in [0.5, 0.6) is 0 Å². The van der Waals surface area contributed by atoms with Gasteiger partial charge in [0.1, 0.15) is 0 Å². The fourth-order valence-electron chi connectivity index (χ4n) is 0. The Balaban J connectivity index is -0.000000111. The van der Waals surface area contributed by atoms with Gasteiger partial charge in [0, 0.05) is 10.6 Å². The fraction of sp³-hybridized carbons (Fsp3) is 0.400. The van der Waals surface area contributed by atoms with Crippen LogP contribution in [-0.2, 0) is 4.79 Å². The molecule has 0 aromatic rings. The van der Waals surface area contributed by atoms with Crippen molar-refractivity contribution in [1.29, 1.82) is 5.41 Å². The average molecular weight is 415 g/mol. The van der Waals surface area contributed by atoms with Crippen molar-refractivity contribution >= 4 is 48.6 Å². The van der Waals surface area contributed by atoms with Gasteiger partial charge in [-0.25, -0.2) is 0 Å². The molecule has 0 aliphatic heterocycles. The van der Waals surface area contributed by atoms with Crippen LogP contribution in [0.25, 0.3) is 0 Å². The summed E-state index contributed by atoms with van der Waals surface area (Å²) in [5.74, 6) is 0.0648. The second-order valence-corrected chi connectivity index (χ2v) is 7.31. The first-order chi connectivity index (χ1) is 10.6. The molecular formula is C20H33NOSSe. The molecule has 0 bridgehead atoms. The van der Waals surface area contributed by atoms with Gasteiger partial charge in [0.15, 0.2) is 5.78 Å². The summed E-state index contributed by atoms with van der Waals surface area (Å²) < 4.78 is 1.19. The third-order valence-corrected chi connectivity index (χ3v) is 3.52. The van der Waals surface area contributed by atoms with E-state index in [-0.39, 0.29) is 5.78 Å². The Labute approximate surface area is 162 Å². The Hall–Kier alpha value is -1.22. The number of hydrogen-bond donors (Lipinski definition) is 1. The third-order valence-electron chi connectivity index (χ3n) is 2.44. The summed E-state index contributed by atoms with van der Waals surface area (Å²) in [6, 6.07) is 0. The number of rotatable bonds is 4. The van der Waals surface area contributed by atoms with E-state index in [1.165, 1.54) is 11.3 Å². The molecule has 24 heavy (non-hydrogen) atoms. The second-order valence-electron chi connectivity index (χ2n) is 5.41. The zero-order chi connectivity index (χ0) is 20.6. The molecule has 0 fully saturated rings. The Morgan fingerprint density at radius 3 is 0.917 bits per heavy atom. The summed E-state index contributed by atoms with van der Waals surface area (Å²) >= 11 is 7.58. The molecule has 0 aromatic carbocycles. The van der Waals surface area contributed by atoms with Gasteiger partial charge in [-0.05, 0) is 58.3 Å². The topological polar surface area (TPSA) is 40.9 Å². The van der Waals surface area contributed by atoms with Gasteiger partial charge < -0.3 is 5.41 Å². The zero-order valence-corrected chi connectivity index (χ0v) is 19.1. The minimum absolute atomic E-state index is 0.0648. The molecule has 0 unspecified atom stereocenters. The van der Waals surface area contributed by atoms with Crippen molar-refractivity contribution in [3.8, 4) is 0 Å². The molecule has 0 aliphatic rings. The predicted octanol–water partition coefficient (Wildman–Crippen LogP) is 5.63. The van der Waals surface area contributed by atoms with Gasteiger partial charge in [0.25, 0.3) is 0 Å². The van der Waals surface area contributed by atoms with Crippen LogP contribution in [0.3, 0.4) is 0 Å². The first-order valence-corrected chi connectivity index (χ1v) is 8.54. The van der Waals surface area contributed by atoms with Crippen LogP contribution in [0.4, 0.5) is 0 Å². The molecule has 0 aromatic heterocycles. The average Bonchev–Trinajstić information content (AvgIpc) is 2.40. The maximum atomic E-state index is 10.0. The predicted molar refractivity (Wildman–Crippen MR) is 118 cm³/mol. The minimum atomic E-state index is 0.0648. The van der Waals surface area contributed by atoms with E-state index in [1.807, 2.05) is 34.6 Å². The number of carbonyl (C=O) groups excluding carboxylic acids is 1. The van der Waals surface area contributed by atoms with E-state index in [2.05, 4.69) is 41.9 Å². The summed E-state index contributed by atoms with van der Waals surface area (Å²) in [7, 11) is 0. The Morgan fingerprint density at radius 1 is 0.750 bits per heavy atom. The maximum absolute atomic E-state index is 10.0. The normalized spacial score (nSPS) is 7.67. The van der Waals surface area contributed by atoms with Crippen LogP contribution in [0, 0.1) is 5.41 Å². The van der Waals surface area contributed by atoms with Gasteiger partial charge in [-0.15, -0.1) is 0 Å². The standard InChI is InChI=1S/C5H9N.C5H8O.C5H8S.C5H8Se/c4*1-4(2)5(3)6/h6H,1H2,2-3H3;3*1H2,2-3H3. The van der Waals surface area contributed by atoms with Crippen molar-refractivity contribution < 1.29 is 4.79 Å². The van der Waals surface area contributed by atoms with Crippen LogP contribution in [-0.4, -0.2) is 36.4 Å². The summed E-state index contributed by atoms with van der Waals surface area (Å²) in [6.07, 6.45) is 0. The Bertz CT molecular complexity index is 384. The monoisotopic (exact) mass is 415 g/mol. The summed E-state index contributed by atoms with van der Waals surface area (Å²) in [6.45, 7) is 28.7. The molecule has 0 saturated heterocycles. The molecule has 0 spiro atoms. The van der Waals surface area contributed by atoms with Gasteiger partial charge in [0.2, 0.25) is 0 Å². The number of thiocarbonyl (C=S) groups is 1. The molecule has 0 radical (unpaired) electrons. The van der Waals surface area contributed by atoms with Crippen LogP contribution < -0.4 is 0 Å². The molecule has 2 nitrogen and oxygen atoms in total. The van der Waals surface area contributed by atoms with Crippen molar-refractivity contribution in [2.45, 2.75) is 55.4 Å². The molecule has 0 atom stereocenters. The SMILES string of the molecule is C=C(C)C(C)=N.C=C(C)C(C)=O.C=C(C)C(C)=S.C=C(C)C(C)=[Se]. The van der Waals surface area contributed by atoms with Crippen LogP contribution in [0.1, 0.15) is 55.4 Å². The van der Waals surface area contributed by atoms with Crippen molar-refractivity contribution in [1.82, 2.24) is 0 Å². The van der Waals surface area contributed by atoms with Crippen LogP contribution >= 0.6 is 12.2 Å². The van der Waals surface area contributed by atoms with Gasteiger partial charge in [0.05, 0.1) is 0 Å². The second kappa shape index (κ2) is 18.1. The van der Waals surface area contributed by atoms with E-state index in [9.17, 15) is 4.79 Å². The number of ketones is 1. The zero-order valence-electron chi connectivity index (χ0n) is 16.6. The molecule has 0 rings (SSSR count). The molecule has 0 amide bonds. The quantitative estimate of drug-likeness (QED) is 0.280. The van der Waals surface area contributed by atoms with E-state index in [0.29, 0.717) is 11.3 Å². The van der Waals surface area contributed by atoms with E-state index < -0.39 is 0 Å². The first kappa shape index (κ1) is 30.6. The van der Waals surface area contributed by atoms with Crippen molar-refractivity contribution in [2.24, 2.45) is 0 Å². The van der Waals surface area contributed by atoms with E-state index >= 15 is 0 Å². The third kappa shape index (κ3) is 37.2. The molecule has 136 valence electrons. The van der Waals surface area contributed by atoms with E-state index in [0.717, 1.165) is 21.6 Å². The molecular weight excluding hydrogens is 381 g/mol. The number of nitrogens with one attached hydrogen (secondary N) is 1. The molecule has 0 saturated carbocycles. The molecule has 0 heterocycles. The summed E-state index contributed by atoms with van der Waals surface area (Å²) in [5.41, 5.74) is 4.14. The molecule has 1 N–H and O–H groups in total. The van der Waals surface area contributed by atoms with E-state index in [4.69, 9.17) is 17.6 Å². The Morgan fingerprint density at radius 2 is 0.917 bits per heavy atom. The number of hydrogen-bond acceptors (Lipinski definition) is 3. The Kier molecular flexibility index (Phi) is 23.1. The number of Topliss-reactive ketones (excluding diaryl/α,β-unsaturated/α-hetero) is 1. The van der Waals surface area contributed by atoms with Gasteiger partial charge in [-0.1, -0.05) is 32.0 Å². The molecule has 4 heteroatoms. The number of allylic oxidation sites excluding steroid dienone is 4. The summed E-state index contributed by atoms with van der Waals surface area (Å²) in [4.78, 5) is 10.9. The van der Waals surface area contributed by atoms with Gasteiger partial charge in [-0.2, -0.15) is 0 Å². The van der Waals surface area contributed by atoms with Gasteiger partial charge >= 0.3 is 46.0 Å². The van der Waals surface area contributed by atoms with Crippen LogP contribution in [0.2, 0.25) is 0 Å². The van der Waals surface area contributed by atoms with Crippen LogP contribution in [0.15, 0.2) is 48.6 Å². The van der Waals surface area contributed by atoms with Crippen molar-refractivity contribution in [3.05, 3.63) is 48.6 Å². The summed E-state index contributed by atoms with van der Waals surface area (Å²) in [5, 5.41) is 6.85.